The van der Waals surface area contributed by atoms with Crippen molar-refractivity contribution >= 4 is 41.6 Å². The van der Waals surface area contributed by atoms with Gasteiger partial charge in [0.15, 0.2) is 0 Å². The number of rotatable bonds is 15. The Morgan fingerprint density at radius 3 is 1.57 bits per heavy atom. The van der Waals surface area contributed by atoms with Crippen molar-refractivity contribution < 1.29 is 27.8 Å². The van der Waals surface area contributed by atoms with E-state index in [2.05, 4.69) is 0 Å². The monoisotopic (exact) mass is 636 g/mol. The summed E-state index contributed by atoms with van der Waals surface area (Å²) in [6, 6.07) is 21.1. The van der Waals surface area contributed by atoms with E-state index in [1.165, 1.54) is 0 Å². The topological polar surface area (TPSA) is 152 Å². The summed E-state index contributed by atoms with van der Waals surface area (Å²) in [4.78, 5) is 13.0. The first-order valence-corrected chi connectivity index (χ1v) is 17.6. The zero-order valence-corrected chi connectivity index (χ0v) is 26.7. The van der Waals surface area contributed by atoms with Crippen molar-refractivity contribution in [1.29, 1.82) is 0 Å². The summed E-state index contributed by atoms with van der Waals surface area (Å²) in [7, 11) is -7.11. The van der Waals surface area contributed by atoms with E-state index in [9.17, 15) is 0 Å². The van der Waals surface area contributed by atoms with E-state index >= 15 is 0 Å². The molecule has 0 saturated carbocycles. The van der Waals surface area contributed by atoms with Gasteiger partial charge in [-0.25, -0.2) is 0 Å². The minimum absolute atomic E-state index is 0.378. The quantitative estimate of drug-likeness (QED) is 0.110. The number of nitrogen functional groups attached to an aromatic ring is 3. The molecule has 0 bridgehead atoms. The number of anilines is 3. The summed E-state index contributed by atoms with van der Waals surface area (Å²) < 4.78 is 34.2. The maximum atomic E-state index is 6.66. The number of nitrogens with two attached hydrogens (primary N) is 3. The van der Waals surface area contributed by atoms with Crippen LogP contribution in [0.1, 0.15) is 40.0 Å². The molecule has 0 amide bonds. The molecule has 228 valence electrons. The third kappa shape index (κ3) is 8.47. The standard InChI is InChI=1S/C27H39N6O6P3/c1-4-19-34-40-31-42(35-20-5-2,36-21-6-3)33(38-26-15-9-23(29)10-16-26)41(39-27-17-11-24(30)12-18-27)32(40)37-25-13-7-22(28)8-14-25/h7-18H,4-6,19-21,28-30H2,1-3H3. The minimum atomic E-state index is -3.31. The molecule has 1 aliphatic rings. The predicted molar refractivity (Wildman–Crippen MR) is 170 cm³/mol. The molecule has 3 aromatic rings. The van der Waals surface area contributed by atoms with Crippen molar-refractivity contribution in [3.8, 4) is 17.2 Å². The number of nitrogens with zero attached hydrogens (tertiary/aromatic N) is 3. The molecule has 12 nitrogen and oxygen atoms in total. The first kappa shape index (κ1) is 32.3. The molecule has 1 heterocycles. The summed E-state index contributed by atoms with van der Waals surface area (Å²) in [6.45, 7) is 7.26. The second-order valence-corrected chi connectivity index (χ2v) is 14.8. The molecule has 42 heavy (non-hydrogen) atoms. The molecule has 1 aliphatic heterocycles. The maximum absolute atomic E-state index is 6.66. The van der Waals surface area contributed by atoms with Crippen LogP contribution in [0, 0.1) is 0 Å². The lowest BCUT2D eigenvalue weighted by molar-refractivity contribution is 0.0363. The summed E-state index contributed by atoms with van der Waals surface area (Å²) in [5, 5.41) is 0. The van der Waals surface area contributed by atoms with E-state index in [1.54, 1.807) is 82.0 Å². The molecule has 0 fully saturated rings. The minimum Gasteiger partial charge on any atom is -0.440 e. The fourth-order valence-corrected chi connectivity index (χ4v) is 11.4. The lowest BCUT2D eigenvalue weighted by atomic mass is 10.3. The molecule has 3 aromatic carbocycles. The molecule has 0 spiro atoms. The van der Waals surface area contributed by atoms with Crippen LogP contribution in [0.25, 0.3) is 0 Å². The molecule has 2 atom stereocenters. The average Bonchev–Trinajstić information content (AvgIpc) is 3.00. The van der Waals surface area contributed by atoms with Gasteiger partial charge in [0.05, 0.1) is 19.8 Å². The van der Waals surface area contributed by atoms with E-state index in [0.29, 0.717) is 54.1 Å². The van der Waals surface area contributed by atoms with Crippen LogP contribution in [0.3, 0.4) is 0 Å². The van der Waals surface area contributed by atoms with E-state index < -0.39 is 24.6 Å². The normalized spacial score (nSPS) is 18.7. The van der Waals surface area contributed by atoms with Crippen molar-refractivity contribution in [1.82, 2.24) is 9.21 Å². The summed E-state index contributed by atoms with van der Waals surface area (Å²) in [5.41, 5.74) is 19.7. The largest absolute Gasteiger partial charge is 0.440 e. The molecule has 15 heteroatoms. The van der Waals surface area contributed by atoms with Crippen LogP contribution in [0.5, 0.6) is 17.2 Å². The van der Waals surface area contributed by atoms with Gasteiger partial charge in [0.2, 0.25) is 0 Å². The highest BCUT2D eigenvalue weighted by Gasteiger charge is 2.55. The van der Waals surface area contributed by atoms with Crippen molar-refractivity contribution in [3.63, 3.8) is 0 Å². The maximum Gasteiger partial charge on any atom is 0.338 e. The fourth-order valence-electron chi connectivity index (χ4n) is 3.34. The SMILES string of the molecule is CCCOP1N=P(OCCC)(OCCC)N(Oc2ccc(N)cc2)P(Oc2ccc(N)cc2)N1Oc1ccc(N)cc1. The van der Waals surface area contributed by atoms with Gasteiger partial charge in [0, 0.05) is 26.3 Å². The van der Waals surface area contributed by atoms with Gasteiger partial charge in [-0.1, -0.05) is 20.8 Å². The van der Waals surface area contributed by atoms with E-state index in [0.717, 1.165) is 19.3 Å². The molecule has 0 radical (unpaired) electrons. The number of hydrogen-bond acceptors (Lipinski definition) is 12. The average molecular weight is 637 g/mol. The zero-order chi connectivity index (χ0) is 30.0. The number of hydrogen-bond donors (Lipinski definition) is 3. The third-order valence-corrected chi connectivity index (χ3v) is 12.4. The van der Waals surface area contributed by atoms with Crippen molar-refractivity contribution in [2.24, 2.45) is 4.52 Å². The Morgan fingerprint density at radius 1 is 0.643 bits per heavy atom. The van der Waals surface area contributed by atoms with Crippen LogP contribution >= 0.6 is 24.6 Å². The Bertz CT molecular complexity index is 1290. The van der Waals surface area contributed by atoms with E-state index in [-0.39, 0.29) is 0 Å². The van der Waals surface area contributed by atoms with Gasteiger partial charge in [0.1, 0.15) is 17.2 Å². The van der Waals surface area contributed by atoms with Gasteiger partial charge < -0.3 is 45.0 Å². The molecular formula is C27H39N6O6P3. The molecule has 6 N–H and O–H groups in total. The van der Waals surface area contributed by atoms with Crippen LogP contribution in [-0.4, -0.2) is 29.0 Å². The third-order valence-electron chi connectivity index (χ3n) is 5.38. The second-order valence-electron chi connectivity index (χ2n) is 9.07. The van der Waals surface area contributed by atoms with Crippen molar-refractivity contribution in [2.75, 3.05) is 37.0 Å². The highest BCUT2D eigenvalue weighted by molar-refractivity contribution is 7.78. The molecule has 0 saturated heterocycles. The molecule has 0 aromatic heterocycles. The lowest BCUT2D eigenvalue weighted by Crippen LogP contribution is -2.35. The first-order valence-electron chi connectivity index (χ1n) is 13.7. The smallest absolute Gasteiger partial charge is 0.338 e. The Kier molecular flexibility index (Phi) is 12.1. The molecule has 0 aliphatic carbocycles. The lowest BCUT2D eigenvalue weighted by Gasteiger charge is -2.44. The van der Waals surface area contributed by atoms with Crippen LogP contribution < -0.4 is 31.4 Å². The highest BCUT2D eigenvalue weighted by Crippen LogP contribution is 2.78. The summed E-state index contributed by atoms with van der Waals surface area (Å²) in [6.07, 6.45) is 2.24. The predicted octanol–water partition coefficient (Wildman–Crippen LogP) is 8.10. The van der Waals surface area contributed by atoms with Crippen LogP contribution in [-0.2, 0) is 13.6 Å². The van der Waals surface area contributed by atoms with E-state index in [1.807, 2.05) is 20.8 Å². The van der Waals surface area contributed by atoms with Gasteiger partial charge in [-0.2, -0.15) is 4.52 Å². The van der Waals surface area contributed by atoms with Gasteiger partial charge in [-0.3, -0.25) is 0 Å². The Hall–Kier alpha value is -2.65. The van der Waals surface area contributed by atoms with Gasteiger partial charge in [-0.15, -0.1) is 0 Å². The van der Waals surface area contributed by atoms with Gasteiger partial charge in [-0.05, 0) is 92.1 Å². The Balaban J connectivity index is 1.89. The van der Waals surface area contributed by atoms with Gasteiger partial charge >= 0.3 is 16.1 Å². The Morgan fingerprint density at radius 2 is 1.10 bits per heavy atom. The summed E-state index contributed by atoms with van der Waals surface area (Å²) in [5.74, 6) is 1.54. The molecule has 2 unspecified atom stereocenters. The fraction of sp³-hybridized carbons (Fsp3) is 0.333. The molecule has 4 rings (SSSR count). The van der Waals surface area contributed by atoms with E-state index in [4.69, 9.17) is 49.5 Å². The zero-order valence-electron chi connectivity index (χ0n) is 24.0. The highest BCUT2D eigenvalue weighted by atomic mass is 31.3. The van der Waals surface area contributed by atoms with Crippen molar-refractivity contribution in [2.45, 2.75) is 40.0 Å². The van der Waals surface area contributed by atoms with Crippen LogP contribution in [0.2, 0.25) is 0 Å². The first-order chi connectivity index (χ1) is 20.4. The van der Waals surface area contributed by atoms with Crippen LogP contribution in [0.15, 0.2) is 77.3 Å². The second kappa shape index (κ2) is 15.7. The number of benzene rings is 3. The van der Waals surface area contributed by atoms with Crippen molar-refractivity contribution in [3.05, 3.63) is 72.8 Å². The van der Waals surface area contributed by atoms with Crippen LogP contribution in [0.4, 0.5) is 17.1 Å². The van der Waals surface area contributed by atoms with Gasteiger partial charge in [0.25, 0.3) is 8.45 Å². The Labute approximate surface area is 250 Å². The molecular weight excluding hydrogens is 597 g/mol. The summed E-state index contributed by atoms with van der Waals surface area (Å²) >= 11 is 0.